The summed E-state index contributed by atoms with van der Waals surface area (Å²) < 4.78 is 33.4. The van der Waals surface area contributed by atoms with E-state index in [0.29, 0.717) is 43.2 Å². The van der Waals surface area contributed by atoms with E-state index in [9.17, 15) is 19.2 Å². The minimum absolute atomic E-state index is 0.154. The van der Waals surface area contributed by atoms with Crippen molar-refractivity contribution in [3.8, 4) is 17.6 Å². The molecule has 0 amide bonds. The van der Waals surface area contributed by atoms with Crippen LogP contribution in [0.2, 0.25) is 0 Å². The van der Waals surface area contributed by atoms with Gasteiger partial charge in [0, 0.05) is 5.56 Å². The van der Waals surface area contributed by atoms with E-state index in [4.69, 9.17) is 14.2 Å². The molecule has 3 aromatic carbocycles. The Labute approximate surface area is 264 Å². The fraction of sp³-hybridized carbons (Fsp3) is 0.188. The Kier molecular flexibility index (Phi) is 9.08. The van der Waals surface area contributed by atoms with E-state index in [0.717, 1.165) is 9.13 Å². The van der Waals surface area contributed by atoms with Gasteiger partial charge in [0.05, 0.1) is 50.8 Å². The lowest BCUT2D eigenvalue weighted by molar-refractivity contribution is -0.139. The molecule has 0 unspecified atom stereocenters. The highest BCUT2D eigenvalue weighted by Crippen LogP contribution is 2.35. The maximum Gasteiger partial charge on any atom is 0.338 e. The van der Waals surface area contributed by atoms with Crippen LogP contribution < -0.4 is 24.4 Å². The maximum atomic E-state index is 13.9. The summed E-state index contributed by atoms with van der Waals surface area (Å²) >= 11 is 3.33. The number of fused-ring (bicyclic) bond motifs is 1. The van der Waals surface area contributed by atoms with E-state index in [1.54, 1.807) is 50.3 Å². The van der Waals surface area contributed by atoms with Gasteiger partial charge in [-0.15, -0.1) is 0 Å². The normalized spacial score (nSPS) is 14.5. The van der Waals surface area contributed by atoms with Crippen molar-refractivity contribution in [2.24, 2.45) is 4.99 Å². The summed E-state index contributed by atoms with van der Waals surface area (Å²) in [6.45, 7) is 3.73. The number of benzene rings is 3. The van der Waals surface area contributed by atoms with Gasteiger partial charge < -0.3 is 14.2 Å². The molecule has 1 aliphatic rings. The molecular weight excluding hydrogens is 684 g/mol. The molecule has 5 rings (SSSR count). The van der Waals surface area contributed by atoms with Gasteiger partial charge >= 0.3 is 5.97 Å². The minimum atomic E-state index is -0.834. The van der Waals surface area contributed by atoms with E-state index in [1.807, 2.05) is 18.2 Å². The summed E-state index contributed by atoms with van der Waals surface area (Å²) in [6.07, 6.45) is 1.73. The highest BCUT2D eigenvalue weighted by molar-refractivity contribution is 14.1. The summed E-state index contributed by atoms with van der Waals surface area (Å²) in [5.41, 5.74) is 2.83. The molecule has 1 aromatic heterocycles. The van der Waals surface area contributed by atoms with Crippen LogP contribution in [-0.4, -0.2) is 24.3 Å². The lowest BCUT2D eigenvalue weighted by Gasteiger charge is -2.24. The molecule has 0 bridgehead atoms. The molecule has 0 radical (unpaired) electrons. The molecule has 1 aliphatic heterocycles. The van der Waals surface area contributed by atoms with Crippen molar-refractivity contribution in [1.29, 1.82) is 5.26 Å². The summed E-state index contributed by atoms with van der Waals surface area (Å²) in [6, 6.07) is 17.9. The first kappa shape index (κ1) is 30.2. The monoisotopic (exact) mass is 709 g/mol. The van der Waals surface area contributed by atoms with Crippen LogP contribution >= 0.6 is 33.9 Å². The number of methoxy groups -OCH3 is 1. The number of thiazole rings is 1. The van der Waals surface area contributed by atoms with Crippen molar-refractivity contribution in [3.05, 3.63) is 123 Å². The first-order valence-corrected chi connectivity index (χ1v) is 15.1. The topological polar surface area (TPSA) is 103 Å². The summed E-state index contributed by atoms with van der Waals surface area (Å²) in [7, 11) is 1.53. The van der Waals surface area contributed by atoms with Crippen LogP contribution in [0.1, 0.15) is 42.1 Å². The SMILES string of the molecule is CCOC(=O)C1=C(C)N=c2s/c(=C\c3cc(I)c(OCc4ccccc4C#N)c(OC)c3)c(=O)n2[C@@H]1c1ccc(F)cc1. The van der Waals surface area contributed by atoms with Crippen LogP contribution in [0.4, 0.5) is 4.39 Å². The van der Waals surface area contributed by atoms with Crippen molar-refractivity contribution >= 4 is 46.0 Å². The number of allylic oxidation sites excluding steroid dienone is 1. The van der Waals surface area contributed by atoms with E-state index >= 15 is 0 Å². The number of rotatable bonds is 8. The van der Waals surface area contributed by atoms with Crippen LogP contribution in [0.25, 0.3) is 6.08 Å². The molecule has 0 saturated heterocycles. The van der Waals surface area contributed by atoms with E-state index < -0.39 is 17.8 Å². The third-order valence-corrected chi connectivity index (χ3v) is 8.55. The number of hydrogen-bond donors (Lipinski definition) is 0. The number of nitrogens with zero attached hydrogens (tertiary/aromatic N) is 3. The van der Waals surface area contributed by atoms with Crippen molar-refractivity contribution in [3.63, 3.8) is 0 Å². The summed E-state index contributed by atoms with van der Waals surface area (Å²) in [5.74, 6) is -0.0371. The van der Waals surface area contributed by atoms with Crippen molar-refractivity contribution in [2.75, 3.05) is 13.7 Å². The zero-order chi connectivity index (χ0) is 30.7. The van der Waals surface area contributed by atoms with Crippen LogP contribution in [0.3, 0.4) is 0 Å². The molecule has 0 N–H and O–H groups in total. The first-order chi connectivity index (χ1) is 20.7. The molecule has 0 spiro atoms. The number of nitriles is 1. The number of carbonyl (C=O) groups excluding carboxylic acids is 1. The van der Waals surface area contributed by atoms with Crippen LogP contribution in [0.5, 0.6) is 11.5 Å². The predicted octanol–water partition coefficient (Wildman–Crippen LogP) is 5.00. The largest absolute Gasteiger partial charge is 0.493 e. The summed E-state index contributed by atoms with van der Waals surface area (Å²) in [4.78, 5) is 31.9. The molecule has 0 aliphatic carbocycles. The second-order valence-electron chi connectivity index (χ2n) is 9.45. The molecule has 218 valence electrons. The van der Waals surface area contributed by atoms with E-state index in [-0.39, 0.29) is 24.3 Å². The molecule has 1 atom stereocenters. The molecule has 8 nitrogen and oxygen atoms in total. The Morgan fingerprint density at radius 1 is 1.21 bits per heavy atom. The van der Waals surface area contributed by atoms with Gasteiger partial charge in [0.15, 0.2) is 16.3 Å². The molecule has 4 aromatic rings. The third-order valence-electron chi connectivity index (χ3n) is 6.76. The zero-order valence-corrected chi connectivity index (χ0v) is 26.4. The van der Waals surface area contributed by atoms with Crippen LogP contribution in [0, 0.1) is 20.7 Å². The van der Waals surface area contributed by atoms with Crippen LogP contribution in [-0.2, 0) is 16.1 Å². The number of ether oxygens (including phenoxy) is 3. The molecular formula is C32H25FIN3O5S. The average molecular weight is 710 g/mol. The Bertz CT molecular complexity index is 1980. The highest BCUT2D eigenvalue weighted by atomic mass is 127. The van der Waals surface area contributed by atoms with Gasteiger partial charge in [-0.3, -0.25) is 9.36 Å². The molecule has 43 heavy (non-hydrogen) atoms. The fourth-order valence-corrected chi connectivity index (χ4v) is 6.60. The Hall–Kier alpha value is -4.28. The number of carbonyl (C=O) groups is 1. The fourth-order valence-electron chi connectivity index (χ4n) is 4.77. The standard InChI is InChI=1S/C32H25FIN3O5S/c1-4-41-31(39)27-18(2)36-32-37(28(27)20-9-11-23(33)12-10-20)30(38)26(43-32)15-19-13-24(34)29(25(14-19)40-3)42-17-22-8-6-5-7-21(22)16-35/h5-15,28H,4,17H2,1-3H3/b26-15-/t28-/m1/s1. The summed E-state index contributed by atoms with van der Waals surface area (Å²) in [5, 5.41) is 9.39. The average Bonchev–Trinajstić information content (AvgIpc) is 3.30. The lowest BCUT2D eigenvalue weighted by Crippen LogP contribution is -2.39. The smallest absolute Gasteiger partial charge is 0.338 e. The van der Waals surface area contributed by atoms with E-state index in [2.05, 4.69) is 33.7 Å². The quantitative estimate of drug-likeness (QED) is 0.189. The third kappa shape index (κ3) is 6.11. The number of halogens is 2. The number of aromatic nitrogens is 1. The second-order valence-corrected chi connectivity index (χ2v) is 11.6. The van der Waals surface area contributed by atoms with Gasteiger partial charge in [-0.05, 0) is 84.0 Å². The zero-order valence-electron chi connectivity index (χ0n) is 23.4. The molecule has 0 saturated carbocycles. The van der Waals surface area contributed by atoms with Gasteiger partial charge in [0.2, 0.25) is 0 Å². The van der Waals surface area contributed by atoms with Gasteiger partial charge in [-0.1, -0.05) is 41.7 Å². The molecule has 11 heteroatoms. The van der Waals surface area contributed by atoms with Crippen molar-refractivity contribution in [2.45, 2.75) is 26.5 Å². The van der Waals surface area contributed by atoms with Gasteiger partial charge in [0.25, 0.3) is 5.56 Å². The highest BCUT2D eigenvalue weighted by Gasteiger charge is 2.33. The Balaban J connectivity index is 1.57. The molecule has 0 fully saturated rings. The van der Waals surface area contributed by atoms with Crippen LogP contribution in [0.15, 0.2) is 81.7 Å². The van der Waals surface area contributed by atoms with E-state index in [1.165, 1.54) is 35.1 Å². The minimum Gasteiger partial charge on any atom is -0.493 e. The second kappa shape index (κ2) is 12.9. The van der Waals surface area contributed by atoms with Gasteiger partial charge in [-0.25, -0.2) is 14.2 Å². The van der Waals surface area contributed by atoms with Crippen molar-refractivity contribution < 1.29 is 23.4 Å². The lowest BCUT2D eigenvalue weighted by atomic mass is 9.96. The first-order valence-electron chi connectivity index (χ1n) is 13.2. The Morgan fingerprint density at radius 2 is 1.95 bits per heavy atom. The maximum absolute atomic E-state index is 13.9. The van der Waals surface area contributed by atoms with Gasteiger partial charge in [-0.2, -0.15) is 5.26 Å². The predicted molar refractivity (Wildman–Crippen MR) is 168 cm³/mol. The van der Waals surface area contributed by atoms with Crippen molar-refractivity contribution in [1.82, 2.24) is 4.57 Å². The number of esters is 1. The molecule has 2 heterocycles. The number of hydrogen-bond acceptors (Lipinski definition) is 8. The van der Waals surface area contributed by atoms with Gasteiger partial charge in [0.1, 0.15) is 12.4 Å². The Morgan fingerprint density at radius 3 is 2.65 bits per heavy atom.